The number of carbonyl (C=O) groups is 2. The zero-order chi connectivity index (χ0) is 15.8. The fourth-order valence-corrected chi connectivity index (χ4v) is 3.61. The molecule has 6 heteroatoms. The summed E-state index contributed by atoms with van der Waals surface area (Å²) in [6.07, 6.45) is 0.741. The number of aliphatic hydroxyl groups excluding tert-OH is 1. The molecule has 2 fully saturated rings. The van der Waals surface area contributed by atoms with Gasteiger partial charge in [-0.25, -0.2) is 0 Å². The zero-order valence-electron chi connectivity index (χ0n) is 13.2. The third kappa shape index (κ3) is 3.06. The Morgan fingerprint density at radius 2 is 1.90 bits per heavy atom. The first-order valence-electron chi connectivity index (χ1n) is 7.77. The van der Waals surface area contributed by atoms with E-state index in [4.69, 9.17) is 5.73 Å². The number of aliphatic hydroxyl groups is 1. The van der Waals surface area contributed by atoms with E-state index in [0.29, 0.717) is 12.5 Å². The number of rotatable bonds is 5. The fourth-order valence-electron chi connectivity index (χ4n) is 3.61. The first-order valence-corrected chi connectivity index (χ1v) is 7.77. The van der Waals surface area contributed by atoms with Gasteiger partial charge in [-0.3, -0.25) is 9.59 Å². The van der Waals surface area contributed by atoms with Crippen LogP contribution >= 0.6 is 0 Å². The summed E-state index contributed by atoms with van der Waals surface area (Å²) in [5, 5.41) is 9.66. The van der Waals surface area contributed by atoms with Crippen molar-refractivity contribution in [1.29, 1.82) is 0 Å². The number of likely N-dealkylation sites (tertiary alicyclic amines) is 2. The summed E-state index contributed by atoms with van der Waals surface area (Å²) < 4.78 is 0. The van der Waals surface area contributed by atoms with Crippen LogP contribution in [0.4, 0.5) is 0 Å². The molecule has 3 N–H and O–H groups in total. The van der Waals surface area contributed by atoms with Gasteiger partial charge in [0, 0.05) is 13.1 Å². The second-order valence-corrected chi connectivity index (χ2v) is 7.00. The van der Waals surface area contributed by atoms with Crippen LogP contribution in [0.15, 0.2) is 0 Å². The van der Waals surface area contributed by atoms with Crippen molar-refractivity contribution in [2.24, 2.45) is 17.1 Å². The van der Waals surface area contributed by atoms with Crippen LogP contribution in [-0.4, -0.2) is 65.0 Å². The van der Waals surface area contributed by atoms with Gasteiger partial charge < -0.3 is 20.6 Å². The number of hydrogen-bond donors (Lipinski definition) is 2. The lowest BCUT2D eigenvalue weighted by Gasteiger charge is -2.54. The number of β-lactam (4-membered cyclic amide) rings is 1. The molecule has 0 aromatic heterocycles. The minimum Gasteiger partial charge on any atom is -0.391 e. The third-order valence-electron chi connectivity index (χ3n) is 4.71. The van der Waals surface area contributed by atoms with Gasteiger partial charge in [0.15, 0.2) is 0 Å². The summed E-state index contributed by atoms with van der Waals surface area (Å²) in [6, 6.07) is -0.892. The van der Waals surface area contributed by atoms with Crippen LogP contribution < -0.4 is 5.73 Å². The second kappa shape index (κ2) is 5.93. The first-order chi connectivity index (χ1) is 9.77. The van der Waals surface area contributed by atoms with Crippen molar-refractivity contribution in [3.63, 3.8) is 0 Å². The predicted octanol–water partition coefficient (Wildman–Crippen LogP) is -0.198. The number of hydrogen-bond acceptors (Lipinski definition) is 4. The van der Waals surface area contributed by atoms with Crippen molar-refractivity contribution < 1.29 is 14.7 Å². The molecule has 6 nitrogen and oxygen atoms in total. The van der Waals surface area contributed by atoms with Crippen molar-refractivity contribution >= 4 is 11.8 Å². The standard InChI is InChI=1S/C15H27N3O3/c1-10(2)8-17-6-4-15(5-7-17)9-18(14(15)21)12(11(3)19)13(16)20/h10-12,19H,4-9H2,1-3H3,(H2,16,20)/t11-,12+/m1/s1. The van der Waals surface area contributed by atoms with E-state index in [1.165, 1.54) is 11.8 Å². The Bertz CT molecular complexity index is 414. The molecule has 0 aromatic rings. The highest BCUT2D eigenvalue weighted by Crippen LogP contribution is 2.43. The normalized spacial score (nSPS) is 25.0. The van der Waals surface area contributed by atoms with Gasteiger partial charge in [-0.05, 0) is 38.8 Å². The van der Waals surface area contributed by atoms with Gasteiger partial charge >= 0.3 is 0 Å². The van der Waals surface area contributed by atoms with E-state index in [9.17, 15) is 14.7 Å². The van der Waals surface area contributed by atoms with E-state index < -0.39 is 18.1 Å². The topological polar surface area (TPSA) is 86.9 Å². The van der Waals surface area contributed by atoms with E-state index in [2.05, 4.69) is 18.7 Å². The average Bonchev–Trinajstić information content (AvgIpc) is 2.38. The Labute approximate surface area is 126 Å². The summed E-state index contributed by atoms with van der Waals surface area (Å²) >= 11 is 0. The van der Waals surface area contributed by atoms with E-state index in [1.54, 1.807) is 0 Å². The minimum absolute atomic E-state index is 0.0172. The van der Waals surface area contributed by atoms with E-state index >= 15 is 0 Å². The molecule has 2 aliphatic rings. The summed E-state index contributed by atoms with van der Waals surface area (Å²) in [6.45, 7) is 9.34. The van der Waals surface area contributed by atoms with Crippen LogP contribution in [0, 0.1) is 11.3 Å². The molecule has 2 heterocycles. The van der Waals surface area contributed by atoms with Gasteiger partial charge in [0.1, 0.15) is 6.04 Å². The fraction of sp³-hybridized carbons (Fsp3) is 0.867. The van der Waals surface area contributed by atoms with Gasteiger partial charge in [0.05, 0.1) is 11.5 Å². The Hall–Kier alpha value is -1.14. The van der Waals surface area contributed by atoms with Gasteiger partial charge in [-0.2, -0.15) is 0 Å². The molecule has 0 radical (unpaired) electrons. The highest BCUT2D eigenvalue weighted by Gasteiger charge is 2.56. The van der Waals surface area contributed by atoms with Crippen molar-refractivity contribution in [1.82, 2.24) is 9.80 Å². The number of nitrogens with zero attached hydrogens (tertiary/aromatic N) is 2. The van der Waals surface area contributed by atoms with E-state index in [0.717, 1.165) is 32.5 Å². The summed E-state index contributed by atoms with van der Waals surface area (Å²) in [5.41, 5.74) is 4.98. The monoisotopic (exact) mass is 297 g/mol. The van der Waals surface area contributed by atoms with Crippen molar-refractivity contribution in [3.05, 3.63) is 0 Å². The average molecular weight is 297 g/mol. The van der Waals surface area contributed by atoms with Crippen molar-refractivity contribution in [2.45, 2.75) is 45.8 Å². The summed E-state index contributed by atoms with van der Waals surface area (Å²) in [5.74, 6) is -0.0241. The van der Waals surface area contributed by atoms with Crippen LogP contribution in [0.5, 0.6) is 0 Å². The van der Waals surface area contributed by atoms with Crippen LogP contribution in [0.25, 0.3) is 0 Å². The van der Waals surface area contributed by atoms with Crippen LogP contribution in [-0.2, 0) is 9.59 Å². The largest absolute Gasteiger partial charge is 0.391 e. The molecular weight excluding hydrogens is 270 g/mol. The van der Waals surface area contributed by atoms with E-state index in [-0.39, 0.29) is 11.3 Å². The number of nitrogens with two attached hydrogens (primary N) is 1. The number of primary amides is 1. The lowest BCUT2D eigenvalue weighted by atomic mass is 9.70. The van der Waals surface area contributed by atoms with Crippen LogP contribution in [0.3, 0.4) is 0 Å². The molecule has 0 aliphatic carbocycles. The smallest absolute Gasteiger partial charge is 0.242 e. The predicted molar refractivity (Wildman–Crippen MR) is 79.3 cm³/mol. The molecule has 2 amide bonds. The molecular formula is C15H27N3O3. The van der Waals surface area contributed by atoms with Gasteiger partial charge in [0.2, 0.25) is 11.8 Å². The molecule has 0 unspecified atom stereocenters. The van der Waals surface area contributed by atoms with Crippen molar-refractivity contribution in [2.75, 3.05) is 26.2 Å². The zero-order valence-corrected chi connectivity index (χ0v) is 13.2. The molecule has 0 aromatic carbocycles. The Morgan fingerprint density at radius 1 is 1.33 bits per heavy atom. The summed E-state index contributed by atoms with van der Waals surface area (Å²) in [4.78, 5) is 27.8. The van der Waals surface area contributed by atoms with Gasteiger partial charge in [0.25, 0.3) is 0 Å². The molecule has 2 rings (SSSR count). The Morgan fingerprint density at radius 3 is 2.29 bits per heavy atom. The lowest BCUT2D eigenvalue weighted by Crippen LogP contribution is -2.70. The third-order valence-corrected chi connectivity index (χ3v) is 4.71. The SMILES string of the molecule is CC(C)CN1CCC2(CC1)CN([C@H](C(N)=O)[C@@H](C)O)C2=O. The maximum atomic E-state index is 12.5. The Kier molecular flexibility index (Phi) is 4.58. The number of amides is 2. The summed E-state index contributed by atoms with van der Waals surface area (Å²) in [7, 11) is 0. The Balaban J connectivity index is 1.95. The molecule has 1 spiro atoms. The molecule has 0 bridgehead atoms. The van der Waals surface area contributed by atoms with Crippen LogP contribution in [0.1, 0.15) is 33.6 Å². The molecule has 0 saturated carbocycles. The minimum atomic E-state index is -0.926. The van der Waals surface area contributed by atoms with Crippen LogP contribution in [0.2, 0.25) is 0 Å². The molecule has 120 valence electrons. The highest BCUT2D eigenvalue weighted by molar-refractivity contribution is 5.94. The van der Waals surface area contributed by atoms with Crippen molar-refractivity contribution in [3.8, 4) is 0 Å². The molecule has 2 aliphatic heterocycles. The quantitative estimate of drug-likeness (QED) is 0.688. The second-order valence-electron chi connectivity index (χ2n) is 7.00. The lowest BCUT2D eigenvalue weighted by molar-refractivity contribution is -0.176. The maximum Gasteiger partial charge on any atom is 0.242 e. The number of carbonyl (C=O) groups excluding carboxylic acids is 2. The maximum absolute atomic E-state index is 12.5. The van der Waals surface area contributed by atoms with Gasteiger partial charge in [-0.15, -0.1) is 0 Å². The molecule has 2 saturated heterocycles. The molecule has 21 heavy (non-hydrogen) atoms. The molecule has 2 atom stereocenters. The van der Waals surface area contributed by atoms with Gasteiger partial charge in [-0.1, -0.05) is 13.8 Å². The highest BCUT2D eigenvalue weighted by atomic mass is 16.3. The first kappa shape index (κ1) is 16.2. The van der Waals surface area contributed by atoms with E-state index in [1.807, 2.05) is 0 Å². The number of piperidine rings is 1.